The average molecular weight is 394 g/mol. The van der Waals surface area contributed by atoms with Crippen LogP contribution in [-0.2, 0) is 15.1 Å². The van der Waals surface area contributed by atoms with E-state index >= 15 is 0 Å². The summed E-state index contributed by atoms with van der Waals surface area (Å²) >= 11 is 0. The van der Waals surface area contributed by atoms with Gasteiger partial charge >= 0.3 is 5.97 Å². The highest BCUT2D eigenvalue weighted by atomic mass is 16.5. The minimum absolute atomic E-state index is 0.121. The van der Waals surface area contributed by atoms with Crippen LogP contribution in [0.1, 0.15) is 69.5 Å². The van der Waals surface area contributed by atoms with Crippen molar-refractivity contribution < 1.29 is 19.1 Å². The molecule has 1 saturated carbocycles. The Morgan fingerprint density at radius 2 is 2.07 bits per heavy atom. The second kappa shape index (κ2) is 10.5. The molecule has 1 aromatic heterocycles. The lowest BCUT2D eigenvalue weighted by Crippen LogP contribution is -2.39. The van der Waals surface area contributed by atoms with Crippen molar-refractivity contribution in [3.8, 4) is 0 Å². The maximum Gasteiger partial charge on any atom is 0.306 e. The summed E-state index contributed by atoms with van der Waals surface area (Å²) in [5.41, 5.74) is -0.366. The van der Waals surface area contributed by atoms with Crippen molar-refractivity contribution >= 4 is 11.9 Å². The summed E-state index contributed by atoms with van der Waals surface area (Å²) in [5.74, 6) is 1.97. The Balaban J connectivity index is 1.79. The number of guanidine groups is 1. The van der Waals surface area contributed by atoms with E-state index in [1.807, 2.05) is 26.8 Å². The van der Waals surface area contributed by atoms with Gasteiger partial charge in [-0.25, -0.2) is 4.99 Å². The number of furan rings is 1. The molecule has 0 aliphatic heterocycles. The highest BCUT2D eigenvalue weighted by Crippen LogP contribution is 2.27. The Kier molecular flexibility index (Phi) is 8.35. The smallest absolute Gasteiger partial charge is 0.306 e. The van der Waals surface area contributed by atoms with Gasteiger partial charge in [-0.15, -0.1) is 0 Å². The van der Waals surface area contributed by atoms with E-state index in [9.17, 15) is 9.90 Å². The Labute approximate surface area is 167 Å². The van der Waals surface area contributed by atoms with Crippen LogP contribution < -0.4 is 10.6 Å². The fourth-order valence-corrected chi connectivity index (χ4v) is 3.52. The third kappa shape index (κ3) is 6.86. The van der Waals surface area contributed by atoms with Crippen molar-refractivity contribution in [2.75, 3.05) is 19.6 Å². The number of carbonyl (C=O) groups excluding carboxylic acids is 1. The van der Waals surface area contributed by atoms with Crippen molar-refractivity contribution in [2.24, 2.45) is 4.99 Å². The van der Waals surface area contributed by atoms with E-state index in [1.165, 1.54) is 0 Å². The average Bonchev–Trinajstić information content (AvgIpc) is 3.25. The molecule has 1 aliphatic carbocycles. The lowest BCUT2D eigenvalue weighted by atomic mass is 9.96. The van der Waals surface area contributed by atoms with Crippen LogP contribution in [-0.4, -0.2) is 42.8 Å². The van der Waals surface area contributed by atoms with Crippen molar-refractivity contribution in [1.82, 2.24) is 10.6 Å². The highest BCUT2D eigenvalue weighted by Gasteiger charge is 2.27. The van der Waals surface area contributed by atoms with Crippen molar-refractivity contribution in [2.45, 2.75) is 77.9 Å². The van der Waals surface area contributed by atoms with Crippen LogP contribution in [0.25, 0.3) is 0 Å². The van der Waals surface area contributed by atoms with E-state index in [-0.39, 0.29) is 18.6 Å². The van der Waals surface area contributed by atoms with E-state index in [4.69, 9.17) is 9.15 Å². The van der Waals surface area contributed by atoms with Crippen LogP contribution in [0.15, 0.2) is 15.5 Å². The van der Waals surface area contributed by atoms with Gasteiger partial charge in [-0.05, 0) is 65.9 Å². The molecule has 28 heavy (non-hydrogen) atoms. The molecule has 1 aromatic rings. The molecule has 7 nitrogen and oxygen atoms in total. The summed E-state index contributed by atoms with van der Waals surface area (Å²) in [5, 5.41) is 17.2. The Morgan fingerprint density at radius 3 is 2.68 bits per heavy atom. The van der Waals surface area contributed by atoms with E-state index in [0.29, 0.717) is 37.7 Å². The van der Waals surface area contributed by atoms with Crippen LogP contribution in [0.5, 0.6) is 0 Å². The molecule has 0 amide bonds. The van der Waals surface area contributed by atoms with Crippen molar-refractivity contribution in [3.05, 3.63) is 23.2 Å². The van der Waals surface area contributed by atoms with Gasteiger partial charge in [0.15, 0.2) is 5.96 Å². The molecule has 1 fully saturated rings. The predicted molar refractivity (Wildman–Crippen MR) is 109 cm³/mol. The van der Waals surface area contributed by atoms with Gasteiger partial charge in [-0.2, -0.15) is 0 Å². The fraction of sp³-hybridized carbons (Fsp3) is 0.714. The Bertz CT molecular complexity index is 661. The molecule has 0 saturated heterocycles. The second-order valence-electron chi connectivity index (χ2n) is 7.72. The number of aryl methyl sites for hydroxylation is 2. The first-order valence-corrected chi connectivity index (χ1v) is 10.3. The van der Waals surface area contributed by atoms with Crippen molar-refractivity contribution in [3.63, 3.8) is 0 Å². The molecule has 7 heteroatoms. The van der Waals surface area contributed by atoms with Crippen LogP contribution in [0.2, 0.25) is 0 Å². The lowest BCUT2D eigenvalue weighted by Gasteiger charge is -2.21. The summed E-state index contributed by atoms with van der Waals surface area (Å²) in [4.78, 5) is 16.4. The van der Waals surface area contributed by atoms with Gasteiger partial charge in [0, 0.05) is 25.1 Å². The molecule has 1 heterocycles. The largest absolute Gasteiger partial charge is 0.466 e. The predicted octanol–water partition coefficient (Wildman–Crippen LogP) is 2.93. The summed E-state index contributed by atoms with van der Waals surface area (Å²) < 4.78 is 11.0. The minimum atomic E-state index is -1.12. The zero-order chi connectivity index (χ0) is 20.6. The summed E-state index contributed by atoms with van der Waals surface area (Å²) in [6, 6.07) is 1.85. The third-order valence-corrected chi connectivity index (χ3v) is 4.96. The number of rotatable bonds is 9. The number of ether oxygens (including phenoxy) is 1. The number of esters is 1. The molecule has 2 rings (SSSR count). The monoisotopic (exact) mass is 393 g/mol. The van der Waals surface area contributed by atoms with Crippen LogP contribution in [0.4, 0.5) is 0 Å². The van der Waals surface area contributed by atoms with Gasteiger partial charge in [0.1, 0.15) is 23.2 Å². The van der Waals surface area contributed by atoms with Gasteiger partial charge < -0.3 is 24.9 Å². The molecule has 3 N–H and O–H groups in total. The molecule has 158 valence electrons. The molecule has 0 spiro atoms. The molecular formula is C21H35N3O4. The first kappa shape index (κ1) is 22.3. The Morgan fingerprint density at radius 1 is 1.36 bits per heavy atom. The number of nitrogens with one attached hydrogen (secondary N) is 2. The molecule has 0 bridgehead atoms. The SMILES string of the molecule is CCNC(=NCC(C)(O)c1cc(C)oc1C)NCCCC(=O)OC1CCCC1. The first-order chi connectivity index (χ1) is 13.3. The van der Waals surface area contributed by atoms with Gasteiger partial charge in [0.25, 0.3) is 0 Å². The fourth-order valence-electron chi connectivity index (χ4n) is 3.52. The number of hydrogen-bond acceptors (Lipinski definition) is 5. The third-order valence-electron chi connectivity index (χ3n) is 4.96. The summed E-state index contributed by atoms with van der Waals surface area (Å²) in [6.07, 6.45) is 5.50. The van der Waals surface area contributed by atoms with E-state index in [1.54, 1.807) is 6.92 Å². The number of hydrogen-bond donors (Lipinski definition) is 3. The minimum Gasteiger partial charge on any atom is -0.466 e. The highest BCUT2D eigenvalue weighted by molar-refractivity contribution is 5.79. The molecule has 1 aliphatic rings. The van der Waals surface area contributed by atoms with E-state index in [0.717, 1.165) is 37.0 Å². The summed E-state index contributed by atoms with van der Waals surface area (Å²) in [7, 11) is 0. The van der Waals surface area contributed by atoms with Crippen LogP contribution in [0.3, 0.4) is 0 Å². The van der Waals surface area contributed by atoms with Gasteiger partial charge in [0.05, 0.1) is 6.54 Å². The van der Waals surface area contributed by atoms with Crippen LogP contribution in [0, 0.1) is 13.8 Å². The van der Waals surface area contributed by atoms with E-state index < -0.39 is 5.60 Å². The van der Waals surface area contributed by atoms with E-state index in [2.05, 4.69) is 15.6 Å². The molecule has 1 atom stereocenters. The zero-order valence-electron chi connectivity index (χ0n) is 17.6. The Hall–Kier alpha value is -2.02. The number of nitrogens with zero attached hydrogens (tertiary/aromatic N) is 1. The second-order valence-corrected chi connectivity index (χ2v) is 7.72. The van der Waals surface area contributed by atoms with Crippen molar-refractivity contribution in [1.29, 1.82) is 0 Å². The number of aliphatic imine (C=N–C) groups is 1. The molecule has 0 aromatic carbocycles. The topological polar surface area (TPSA) is 96.1 Å². The molecule has 0 radical (unpaired) electrons. The first-order valence-electron chi connectivity index (χ1n) is 10.3. The summed E-state index contributed by atoms with van der Waals surface area (Å²) in [6.45, 7) is 8.94. The quantitative estimate of drug-likeness (QED) is 0.258. The normalized spacial score (nSPS) is 17.4. The van der Waals surface area contributed by atoms with Gasteiger partial charge in [-0.3, -0.25) is 4.79 Å². The lowest BCUT2D eigenvalue weighted by molar-refractivity contribution is -0.148. The van der Waals surface area contributed by atoms with Gasteiger partial charge in [-0.1, -0.05) is 0 Å². The molecule has 1 unspecified atom stereocenters. The number of carbonyl (C=O) groups is 1. The maximum atomic E-state index is 11.9. The van der Waals surface area contributed by atoms with Crippen LogP contribution >= 0.6 is 0 Å². The van der Waals surface area contributed by atoms with Gasteiger partial charge in [0.2, 0.25) is 0 Å². The molecular weight excluding hydrogens is 358 g/mol. The zero-order valence-corrected chi connectivity index (χ0v) is 17.6. The standard InChI is InChI=1S/C21H35N3O4/c1-5-22-20(23-12-8-11-19(25)28-17-9-6-7-10-17)24-14-21(4,26)18-13-15(2)27-16(18)3/h13,17,26H,5-12,14H2,1-4H3,(H2,22,23,24). The maximum absolute atomic E-state index is 11.9. The number of aliphatic hydroxyl groups is 1.